The summed E-state index contributed by atoms with van der Waals surface area (Å²) in [5.41, 5.74) is 1.78. The number of amides is 1. The molecule has 0 spiro atoms. The van der Waals surface area contributed by atoms with Crippen molar-refractivity contribution in [1.82, 2.24) is 4.98 Å². The van der Waals surface area contributed by atoms with Crippen LogP contribution in [-0.2, 0) is 11.3 Å². The number of benzene rings is 3. The van der Waals surface area contributed by atoms with Crippen LogP contribution in [0.25, 0.3) is 0 Å². The summed E-state index contributed by atoms with van der Waals surface area (Å²) in [6, 6.07) is 26.2. The minimum atomic E-state index is -5.08. The number of nitrogens with one attached hydrogen (secondary N) is 2. The highest BCUT2D eigenvalue weighted by Gasteiger charge is 2.38. The molecule has 0 aliphatic rings. The maximum atomic E-state index is 13.4. The number of nitrogens with zero attached hydrogens (tertiary/aromatic N) is 1. The van der Waals surface area contributed by atoms with Gasteiger partial charge >= 0.3 is 12.1 Å². The summed E-state index contributed by atoms with van der Waals surface area (Å²) in [6.45, 7) is 0.348. The van der Waals surface area contributed by atoms with Crippen molar-refractivity contribution in [2.24, 2.45) is 0 Å². The number of ether oxygens (including phenoxy) is 1. The highest BCUT2D eigenvalue weighted by molar-refractivity contribution is 6.07. The Morgan fingerprint density at radius 2 is 1.53 bits per heavy atom. The average Bonchev–Trinajstić information content (AvgIpc) is 2.89. The topological polar surface area (TPSA) is 101 Å². The number of carbonyl (C=O) groups is 2. The minimum Gasteiger partial charge on any atom is -0.475 e. The molecule has 0 saturated heterocycles. The van der Waals surface area contributed by atoms with Crippen molar-refractivity contribution in [3.05, 3.63) is 114 Å². The van der Waals surface area contributed by atoms with Crippen molar-refractivity contribution in [1.29, 1.82) is 0 Å². The maximum Gasteiger partial charge on any atom is 0.490 e. The Kier molecular flexibility index (Phi) is 9.36. The Morgan fingerprint density at radius 3 is 2.16 bits per heavy atom. The van der Waals surface area contributed by atoms with E-state index >= 15 is 0 Å². The largest absolute Gasteiger partial charge is 0.490 e. The van der Waals surface area contributed by atoms with E-state index in [0.717, 1.165) is 11.3 Å². The van der Waals surface area contributed by atoms with Crippen molar-refractivity contribution in [3.8, 4) is 11.5 Å². The first-order chi connectivity index (χ1) is 18.1. The molecule has 11 heteroatoms. The fraction of sp³-hybridized carbons (Fsp3) is 0.0741. The third-order valence-electron chi connectivity index (χ3n) is 4.73. The van der Waals surface area contributed by atoms with Gasteiger partial charge in [0.1, 0.15) is 23.1 Å². The van der Waals surface area contributed by atoms with Crippen LogP contribution < -0.4 is 15.4 Å². The van der Waals surface area contributed by atoms with Gasteiger partial charge in [0.25, 0.3) is 5.91 Å². The molecule has 0 aliphatic carbocycles. The van der Waals surface area contributed by atoms with Gasteiger partial charge in [-0.3, -0.25) is 4.79 Å². The summed E-state index contributed by atoms with van der Waals surface area (Å²) in [5, 5.41) is 13.1. The zero-order chi connectivity index (χ0) is 27.5. The zero-order valence-electron chi connectivity index (χ0n) is 19.6. The molecule has 4 aromatic rings. The molecule has 0 saturated carbocycles. The lowest BCUT2D eigenvalue weighted by Crippen LogP contribution is -2.21. The van der Waals surface area contributed by atoms with E-state index < -0.39 is 12.1 Å². The summed E-state index contributed by atoms with van der Waals surface area (Å²) in [6.07, 6.45) is -3.49. The third-order valence-corrected chi connectivity index (χ3v) is 4.73. The first-order valence-corrected chi connectivity index (χ1v) is 11.0. The fourth-order valence-electron chi connectivity index (χ4n) is 2.99. The molecule has 1 amide bonds. The van der Waals surface area contributed by atoms with Crippen LogP contribution in [0.4, 0.5) is 29.1 Å². The number of alkyl halides is 3. The predicted octanol–water partition coefficient (Wildman–Crippen LogP) is 6.51. The van der Waals surface area contributed by atoms with E-state index in [-0.39, 0.29) is 11.7 Å². The van der Waals surface area contributed by atoms with Gasteiger partial charge in [-0.25, -0.2) is 14.2 Å². The minimum absolute atomic E-state index is 0.299. The van der Waals surface area contributed by atoms with E-state index in [2.05, 4.69) is 15.6 Å². The number of carboxylic acid groups (broad SMARTS) is 1. The normalized spacial score (nSPS) is 10.5. The Balaban J connectivity index is 0.000000505. The van der Waals surface area contributed by atoms with Gasteiger partial charge in [0.05, 0.1) is 5.56 Å². The van der Waals surface area contributed by atoms with Crippen LogP contribution >= 0.6 is 0 Å². The number of hydrogen-bond donors (Lipinski definition) is 3. The number of aromatic nitrogens is 1. The second-order valence-electron chi connectivity index (χ2n) is 7.58. The Bertz CT molecular complexity index is 1360. The summed E-state index contributed by atoms with van der Waals surface area (Å²) in [7, 11) is 0. The summed E-state index contributed by atoms with van der Waals surface area (Å²) in [5.74, 6) is -1.53. The van der Waals surface area contributed by atoms with Gasteiger partial charge in [0, 0.05) is 18.4 Å². The maximum absolute atomic E-state index is 13.4. The molecule has 4 rings (SSSR count). The smallest absolute Gasteiger partial charge is 0.475 e. The van der Waals surface area contributed by atoms with E-state index in [1.807, 2.05) is 30.3 Å². The van der Waals surface area contributed by atoms with Gasteiger partial charge in [0.2, 0.25) is 0 Å². The fourth-order valence-corrected chi connectivity index (χ4v) is 2.99. The number of carboxylic acids is 1. The van der Waals surface area contributed by atoms with Gasteiger partial charge in [-0.1, -0.05) is 30.3 Å². The van der Waals surface area contributed by atoms with E-state index in [9.17, 15) is 22.4 Å². The Morgan fingerprint density at radius 1 is 0.868 bits per heavy atom. The van der Waals surface area contributed by atoms with Gasteiger partial charge in [-0.15, -0.1) is 0 Å². The monoisotopic (exact) mass is 527 g/mol. The number of anilines is 2. The lowest BCUT2D eigenvalue weighted by atomic mass is 10.2. The zero-order valence-corrected chi connectivity index (χ0v) is 19.6. The number of pyridine rings is 1. The van der Waals surface area contributed by atoms with Crippen molar-refractivity contribution in [2.45, 2.75) is 12.7 Å². The molecule has 0 fully saturated rings. The van der Waals surface area contributed by atoms with Crippen molar-refractivity contribution in [2.75, 3.05) is 10.6 Å². The van der Waals surface area contributed by atoms with Crippen molar-refractivity contribution in [3.63, 3.8) is 0 Å². The van der Waals surface area contributed by atoms with E-state index in [1.54, 1.807) is 54.7 Å². The standard InChI is InChI=1S/C25H20FN3O2.C2HF3O2/c26-19-7-4-6-18(16-19)17-28-24-23(10-5-15-27-24)25(30)29-20-11-13-22(14-12-20)31-21-8-2-1-3-9-21;3-2(4,5)1(6)7/h1-16H,17H2,(H,27,28)(H,29,30);(H,6,7). The van der Waals surface area contributed by atoms with Crippen molar-refractivity contribution >= 4 is 23.4 Å². The van der Waals surface area contributed by atoms with Crippen molar-refractivity contribution < 1.29 is 37.0 Å². The van der Waals surface area contributed by atoms with E-state index in [0.29, 0.717) is 29.4 Å². The Hall–Kier alpha value is -4.93. The van der Waals surface area contributed by atoms with Crippen LogP contribution in [0.5, 0.6) is 11.5 Å². The highest BCUT2D eigenvalue weighted by Crippen LogP contribution is 2.23. The average molecular weight is 527 g/mol. The van der Waals surface area contributed by atoms with Gasteiger partial charge in [-0.2, -0.15) is 13.2 Å². The Labute approximate surface area is 214 Å². The molecule has 1 aromatic heterocycles. The SMILES string of the molecule is O=C(Nc1ccc(Oc2ccccc2)cc1)c1cccnc1NCc1cccc(F)c1.O=C(O)C(F)(F)F. The number of hydrogen-bond acceptors (Lipinski definition) is 5. The quantitative estimate of drug-likeness (QED) is 0.237. The molecule has 3 aromatic carbocycles. The number of carbonyl (C=O) groups excluding carboxylic acids is 1. The van der Waals surface area contributed by atoms with Gasteiger partial charge in [0.15, 0.2) is 0 Å². The molecule has 3 N–H and O–H groups in total. The molecule has 0 unspecified atom stereocenters. The number of aliphatic carboxylic acids is 1. The molecule has 196 valence electrons. The molecule has 1 heterocycles. The second-order valence-corrected chi connectivity index (χ2v) is 7.58. The molecule has 0 atom stereocenters. The third kappa shape index (κ3) is 8.63. The molecular weight excluding hydrogens is 506 g/mol. The number of halogens is 4. The molecule has 0 aliphatic heterocycles. The summed E-state index contributed by atoms with van der Waals surface area (Å²) < 4.78 is 50.9. The molecular formula is C27H21F4N3O4. The molecule has 7 nitrogen and oxygen atoms in total. The van der Waals surface area contributed by atoms with Gasteiger partial charge in [-0.05, 0) is 66.2 Å². The van der Waals surface area contributed by atoms with E-state index in [4.69, 9.17) is 14.6 Å². The predicted molar refractivity (Wildman–Crippen MR) is 133 cm³/mol. The second kappa shape index (κ2) is 12.9. The van der Waals surface area contributed by atoms with E-state index in [1.165, 1.54) is 12.1 Å². The van der Waals surface area contributed by atoms with Crippen LogP contribution in [0.15, 0.2) is 97.2 Å². The van der Waals surface area contributed by atoms with Crippen LogP contribution in [0.2, 0.25) is 0 Å². The lowest BCUT2D eigenvalue weighted by molar-refractivity contribution is -0.192. The number of para-hydroxylation sites is 1. The highest BCUT2D eigenvalue weighted by atomic mass is 19.4. The number of rotatable bonds is 7. The summed E-state index contributed by atoms with van der Waals surface area (Å²) in [4.78, 5) is 25.9. The first-order valence-electron chi connectivity index (χ1n) is 11.0. The summed E-state index contributed by atoms with van der Waals surface area (Å²) >= 11 is 0. The van der Waals surface area contributed by atoms with Crippen LogP contribution in [0, 0.1) is 5.82 Å². The lowest BCUT2D eigenvalue weighted by Gasteiger charge is -2.12. The molecule has 0 radical (unpaired) electrons. The van der Waals surface area contributed by atoms with Crippen LogP contribution in [-0.4, -0.2) is 28.1 Å². The van der Waals surface area contributed by atoms with Crippen LogP contribution in [0.1, 0.15) is 15.9 Å². The van der Waals surface area contributed by atoms with Gasteiger partial charge < -0.3 is 20.5 Å². The van der Waals surface area contributed by atoms with Crippen LogP contribution in [0.3, 0.4) is 0 Å². The molecule has 38 heavy (non-hydrogen) atoms. The first kappa shape index (κ1) is 27.7. The molecule has 0 bridgehead atoms.